The zero-order valence-corrected chi connectivity index (χ0v) is 21.3. The minimum Gasteiger partial charge on any atom is -0.444 e. The molecule has 7 nitrogen and oxygen atoms in total. The molecule has 0 aliphatic carbocycles. The summed E-state index contributed by atoms with van der Waals surface area (Å²) in [6.45, 7) is 10.4. The quantitative estimate of drug-likeness (QED) is 0.226. The van der Waals surface area contributed by atoms with Crippen LogP contribution in [0.1, 0.15) is 105 Å². The summed E-state index contributed by atoms with van der Waals surface area (Å²) in [4.78, 5) is 23.3. The SMILES string of the molecule is CCCCCCCCCCCCCC(=O)NCCOCCOCCNC(=O)OC(C)(C)C. The third-order valence-electron chi connectivity index (χ3n) is 4.86. The lowest BCUT2D eigenvalue weighted by Crippen LogP contribution is -2.34. The number of alkyl carbamates (subject to hydrolysis) is 1. The zero-order chi connectivity index (χ0) is 23.9. The predicted molar refractivity (Wildman–Crippen MR) is 130 cm³/mol. The highest BCUT2D eigenvalue weighted by atomic mass is 16.6. The average Bonchev–Trinajstić information content (AvgIpc) is 2.72. The first-order valence-electron chi connectivity index (χ1n) is 12.7. The Kier molecular flexibility index (Phi) is 20.6. The minimum absolute atomic E-state index is 0.106. The first-order valence-corrected chi connectivity index (χ1v) is 12.7. The molecule has 0 bridgehead atoms. The van der Waals surface area contributed by atoms with E-state index in [4.69, 9.17) is 14.2 Å². The van der Waals surface area contributed by atoms with Gasteiger partial charge in [0.05, 0.1) is 26.4 Å². The van der Waals surface area contributed by atoms with E-state index in [0.717, 1.165) is 12.8 Å². The summed E-state index contributed by atoms with van der Waals surface area (Å²) in [7, 11) is 0. The molecular weight excluding hydrogens is 408 g/mol. The number of carbonyl (C=O) groups excluding carboxylic acids is 2. The van der Waals surface area contributed by atoms with Gasteiger partial charge in [0.15, 0.2) is 0 Å². The van der Waals surface area contributed by atoms with Crippen LogP contribution in [0.15, 0.2) is 0 Å². The summed E-state index contributed by atoms with van der Waals surface area (Å²) in [5.41, 5.74) is -0.499. The smallest absolute Gasteiger partial charge is 0.407 e. The summed E-state index contributed by atoms with van der Waals surface area (Å²) in [5.74, 6) is 0.106. The van der Waals surface area contributed by atoms with E-state index in [2.05, 4.69) is 17.6 Å². The van der Waals surface area contributed by atoms with Crippen molar-refractivity contribution in [3.8, 4) is 0 Å². The lowest BCUT2D eigenvalue weighted by Gasteiger charge is -2.19. The van der Waals surface area contributed by atoms with Crippen LogP contribution >= 0.6 is 0 Å². The normalized spacial score (nSPS) is 11.4. The molecule has 0 aliphatic rings. The minimum atomic E-state index is -0.499. The molecule has 2 amide bonds. The predicted octanol–water partition coefficient (Wildman–Crippen LogP) is 5.36. The van der Waals surface area contributed by atoms with Crippen LogP contribution in [0.5, 0.6) is 0 Å². The van der Waals surface area contributed by atoms with E-state index in [1.54, 1.807) is 0 Å². The lowest BCUT2D eigenvalue weighted by atomic mass is 10.1. The summed E-state index contributed by atoms with van der Waals surface area (Å²) >= 11 is 0. The van der Waals surface area contributed by atoms with Crippen LogP contribution < -0.4 is 10.6 Å². The Balaban J connectivity index is 3.26. The monoisotopic (exact) mass is 458 g/mol. The molecule has 190 valence electrons. The van der Waals surface area contributed by atoms with Gasteiger partial charge in [-0.1, -0.05) is 71.1 Å². The van der Waals surface area contributed by atoms with Crippen molar-refractivity contribution in [3.05, 3.63) is 0 Å². The van der Waals surface area contributed by atoms with Crippen molar-refractivity contribution in [2.75, 3.05) is 39.5 Å². The number of ether oxygens (including phenoxy) is 3. The third-order valence-corrected chi connectivity index (χ3v) is 4.86. The molecule has 0 rings (SSSR count). The molecule has 0 atom stereocenters. The number of hydrogen-bond acceptors (Lipinski definition) is 5. The highest BCUT2D eigenvalue weighted by Crippen LogP contribution is 2.11. The van der Waals surface area contributed by atoms with Crippen LogP contribution in [-0.2, 0) is 19.0 Å². The molecule has 0 saturated heterocycles. The van der Waals surface area contributed by atoms with Crippen molar-refractivity contribution in [3.63, 3.8) is 0 Å². The second-order valence-electron chi connectivity index (χ2n) is 9.29. The van der Waals surface area contributed by atoms with Crippen LogP contribution in [0.3, 0.4) is 0 Å². The van der Waals surface area contributed by atoms with Crippen molar-refractivity contribution in [1.82, 2.24) is 10.6 Å². The molecule has 0 radical (unpaired) electrons. The van der Waals surface area contributed by atoms with Gasteiger partial charge in [-0.25, -0.2) is 4.79 Å². The molecule has 32 heavy (non-hydrogen) atoms. The van der Waals surface area contributed by atoms with E-state index in [0.29, 0.717) is 45.9 Å². The topological polar surface area (TPSA) is 85.9 Å². The van der Waals surface area contributed by atoms with E-state index >= 15 is 0 Å². The van der Waals surface area contributed by atoms with Gasteiger partial charge in [0, 0.05) is 19.5 Å². The maximum absolute atomic E-state index is 11.8. The standard InChI is InChI=1S/C25H50N2O5/c1-5-6-7-8-9-10-11-12-13-14-15-16-23(28)26-17-19-30-21-22-31-20-18-27-24(29)32-25(2,3)4/h5-22H2,1-4H3,(H,26,28)(H,27,29). The van der Waals surface area contributed by atoms with Crippen molar-refractivity contribution in [1.29, 1.82) is 0 Å². The van der Waals surface area contributed by atoms with Crippen molar-refractivity contribution in [2.24, 2.45) is 0 Å². The molecule has 2 N–H and O–H groups in total. The van der Waals surface area contributed by atoms with Gasteiger partial charge >= 0.3 is 6.09 Å². The van der Waals surface area contributed by atoms with Gasteiger partial charge < -0.3 is 24.8 Å². The van der Waals surface area contributed by atoms with Gasteiger partial charge in [-0.2, -0.15) is 0 Å². The van der Waals surface area contributed by atoms with Gasteiger partial charge in [-0.3, -0.25) is 4.79 Å². The number of hydrogen-bond donors (Lipinski definition) is 2. The van der Waals surface area contributed by atoms with Crippen LogP contribution in [0.2, 0.25) is 0 Å². The first kappa shape index (κ1) is 30.7. The number of rotatable bonds is 21. The van der Waals surface area contributed by atoms with E-state index in [9.17, 15) is 9.59 Å². The Bertz CT molecular complexity index is 452. The number of nitrogens with one attached hydrogen (secondary N) is 2. The lowest BCUT2D eigenvalue weighted by molar-refractivity contribution is -0.121. The van der Waals surface area contributed by atoms with E-state index in [-0.39, 0.29) is 5.91 Å². The largest absolute Gasteiger partial charge is 0.444 e. The van der Waals surface area contributed by atoms with E-state index in [1.165, 1.54) is 57.8 Å². The second-order valence-corrected chi connectivity index (χ2v) is 9.29. The second kappa shape index (κ2) is 21.5. The summed E-state index contributed by atoms with van der Waals surface area (Å²) < 4.78 is 15.9. The summed E-state index contributed by atoms with van der Waals surface area (Å²) in [5, 5.41) is 5.52. The zero-order valence-electron chi connectivity index (χ0n) is 21.3. The molecular formula is C25H50N2O5. The molecule has 0 aliphatic heterocycles. The summed E-state index contributed by atoms with van der Waals surface area (Å²) in [6.07, 6.45) is 14.3. The molecule has 0 saturated carbocycles. The first-order chi connectivity index (χ1) is 15.3. The van der Waals surface area contributed by atoms with Gasteiger partial charge in [-0.05, 0) is 27.2 Å². The summed E-state index contributed by atoms with van der Waals surface area (Å²) in [6, 6.07) is 0. The molecule has 0 aromatic heterocycles. The Morgan fingerprint density at radius 2 is 1.12 bits per heavy atom. The third kappa shape index (κ3) is 24.9. The Labute approximate surface area is 196 Å². The maximum Gasteiger partial charge on any atom is 0.407 e. The van der Waals surface area contributed by atoms with Gasteiger partial charge in [0.2, 0.25) is 5.91 Å². The molecule has 0 unspecified atom stereocenters. The van der Waals surface area contributed by atoms with Crippen LogP contribution in [0.25, 0.3) is 0 Å². The molecule has 0 fully saturated rings. The van der Waals surface area contributed by atoms with Crippen molar-refractivity contribution in [2.45, 2.75) is 110 Å². The Morgan fingerprint density at radius 1 is 0.656 bits per heavy atom. The molecule has 0 aromatic carbocycles. The van der Waals surface area contributed by atoms with Crippen LogP contribution in [-0.4, -0.2) is 57.1 Å². The fourth-order valence-electron chi connectivity index (χ4n) is 3.16. The molecule has 0 spiro atoms. The molecule has 7 heteroatoms. The van der Waals surface area contributed by atoms with Gasteiger partial charge in [-0.15, -0.1) is 0 Å². The van der Waals surface area contributed by atoms with Crippen molar-refractivity contribution < 1.29 is 23.8 Å². The molecule has 0 aromatic rings. The fourth-order valence-corrected chi connectivity index (χ4v) is 3.16. The highest BCUT2D eigenvalue weighted by Gasteiger charge is 2.15. The van der Waals surface area contributed by atoms with Gasteiger partial charge in [0.1, 0.15) is 5.60 Å². The van der Waals surface area contributed by atoms with E-state index in [1.807, 2.05) is 20.8 Å². The highest BCUT2D eigenvalue weighted by molar-refractivity contribution is 5.75. The fraction of sp³-hybridized carbons (Fsp3) is 0.920. The molecule has 0 heterocycles. The maximum atomic E-state index is 11.8. The number of carbonyl (C=O) groups is 2. The Morgan fingerprint density at radius 3 is 1.62 bits per heavy atom. The van der Waals surface area contributed by atoms with Crippen LogP contribution in [0, 0.1) is 0 Å². The van der Waals surface area contributed by atoms with Gasteiger partial charge in [0.25, 0.3) is 0 Å². The van der Waals surface area contributed by atoms with Crippen LogP contribution in [0.4, 0.5) is 4.79 Å². The van der Waals surface area contributed by atoms with Crippen molar-refractivity contribution >= 4 is 12.0 Å². The van der Waals surface area contributed by atoms with E-state index < -0.39 is 11.7 Å². The Hall–Kier alpha value is -1.34. The number of amides is 2. The number of unbranched alkanes of at least 4 members (excludes halogenated alkanes) is 10. The average molecular weight is 459 g/mol.